The highest BCUT2D eigenvalue weighted by Gasteiger charge is 2.19. The molecule has 1 heterocycles. The summed E-state index contributed by atoms with van der Waals surface area (Å²) >= 11 is 0. The molecule has 2 N–H and O–H groups in total. The number of aromatic nitrogens is 1. The van der Waals surface area contributed by atoms with Crippen LogP contribution in [0.25, 0.3) is 21.8 Å². The van der Waals surface area contributed by atoms with Crippen LogP contribution in [0.4, 0.5) is 9.59 Å². The topological polar surface area (TPSA) is 108 Å². The normalized spacial score (nSPS) is 13.6. The second kappa shape index (κ2) is 13.3. The molecule has 0 aliphatic carbocycles. The number of hydrogen-bond acceptors (Lipinski definition) is 7. The van der Waals surface area contributed by atoms with E-state index in [1.807, 2.05) is 91.8 Å². The molecule has 0 fully saturated rings. The van der Waals surface area contributed by atoms with E-state index in [9.17, 15) is 9.59 Å². The number of fused-ring (bicyclic) bond motifs is 2. The zero-order chi connectivity index (χ0) is 29.5. The Labute approximate surface area is 236 Å². The van der Waals surface area contributed by atoms with Gasteiger partial charge in [0.15, 0.2) is 0 Å². The minimum atomic E-state index is -0.554. The minimum Gasteiger partial charge on any atom is -0.444 e. The number of benzene rings is 2. The number of alkyl carbamates (subject to hydrolysis) is 2. The van der Waals surface area contributed by atoms with Crippen LogP contribution in [0.2, 0.25) is 0 Å². The Morgan fingerprint density at radius 1 is 0.725 bits per heavy atom. The summed E-state index contributed by atoms with van der Waals surface area (Å²) in [5.41, 5.74) is 2.51. The molecule has 0 saturated carbocycles. The number of amides is 2. The van der Waals surface area contributed by atoms with Crippen LogP contribution in [0.1, 0.15) is 66.5 Å². The Kier molecular flexibility index (Phi) is 10.3. The molecule has 3 aromatic rings. The number of nitrogens with zero attached hydrogens (tertiary/aromatic N) is 1. The second-order valence-electron chi connectivity index (χ2n) is 12.1. The summed E-state index contributed by atoms with van der Waals surface area (Å²) in [5.74, 6) is 0. The van der Waals surface area contributed by atoms with E-state index >= 15 is 0 Å². The van der Waals surface area contributed by atoms with Gasteiger partial charge < -0.3 is 29.6 Å². The van der Waals surface area contributed by atoms with E-state index in [1.165, 1.54) is 0 Å². The van der Waals surface area contributed by atoms with Crippen molar-refractivity contribution in [2.45, 2.75) is 91.9 Å². The number of carbonyl (C=O) groups is 2. The van der Waals surface area contributed by atoms with E-state index in [1.54, 1.807) is 0 Å². The highest BCUT2D eigenvalue weighted by molar-refractivity contribution is 5.95. The molecule has 9 nitrogen and oxygen atoms in total. The number of para-hydroxylation sites is 2. The Balaban J connectivity index is 1.64. The lowest BCUT2D eigenvalue weighted by Crippen LogP contribution is -2.39. The fourth-order valence-corrected chi connectivity index (χ4v) is 4.03. The molecular formula is C31H43N3O6. The van der Waals surface area contributed by atoms with Gasteiger partial charge in [-0.1, -0.05) is 36.4 Å². The van der Waals surface area contributed by atoms with E-state index < -0.39 is 23.4 Å². The number of ether oxygens (including phenoxy) is 4. The first kappa shape index (κ1) is 31.1. The predicted octanol–water partition coefficient (Wildman–Crippen LogP) is 6.25. The molecule has 1 aromatic heterocycles. The fraction of sp³-hybridized carbons (Fsp3) is 0.516. The van der Waals surface area contributed by atoms with Crippen molar-refractivity contribution in [3.63, 3.8) is 0 Å². The molecule has 0 aliphatic rings. The summed E-state index contributed by atoms with van der Waals surface area (Å²) in [5, 5.41) is 7.62. The van der Waals surface area contributed by atoms with Crippen LogP contribution in [0, 0.1) is 0 Å². The molecular weight excluding hydrogens is 510 g/mol. The molecule has 0 bridgehead atoms. The van der Waals surface area contributed by atoms with Gasteiger partial charge in [0.05, 0.1) is 49.5 Å². The average molecular weight is 554 g/mol. The number of pyridine rings is 1. The minimum absolute atomic E-state index is 0.213. The van der Waals surface area contributed by atoms with Crippen molar-refractivity contribution in [1.82, 2.24) is 15.6 Å². The van der Waals surface area contributed by atoms with Gasteiger partial charge in [-0.3, -0.25) is 0 Å². The lowest BCUT2D eigenvalue weighted by atomic mass is 10.0. The van der Waals surface area contributed by atoms with Gasteiger partial charge in [0.1, 0.15) is 11.2 Å². The van der Waals surface area contributed by atoms with Crippen LogP contribution in [0.5, 0.6) is 0 Å². The van der Waals surface area contributed by atoms with Crippen LogP contribution >= 0.6 is 0 Å². The third-order valence-corrected chi connectivity index (χ3v) is 5.61. The Bertz CT molecular complexity index is 1220. The highest BCUT2D eigenvalue weighted by atomic mass is 16.6. The van der Waals surface area contributed by atoms with E-state index in [2.05, 4.69) is 16.7 Å². The van der Waals surface area contributed by atoms with Gasteiger partial charge in [-0.05, 0) is 61.5 Å². The van der Waals surface area contributed by atoms with Gasteiger partial charge in [0.25, 0.3) is 0 Å². The molecule has 0 unspecified atom stereocenters. The maximum absolute atomic E-state index is 12.0. The average Bonchev–Trinajstić information content (AvgIpc) is 2.80. The standard InChI is InChI=1S/C31H43N3O6/c1-20(32-28(35)39-30(3,4)5)16-37-18-24-13-9-11-22-15-23-12-10-14-25(27(23)34-26(22)24)19-38-17-21(2)33-29(36)40-31(6,7)8/h9-15,20-21H,16-19H2,1-8H3,(H,32,35)(H,33,36)/t20-,21-/m1/s1. The molecule has 0 spiro atoms. The van der Waals surface area contributed by atoms with Crippen molar-refractivity contribution in [3.05, 3.63) is 53.6 Å². The van der Waals surface area contributed by atoms with Crippen LogP contribution in [0.3, 0.4) is 0 Å². The van der Waals surface area contributed by atoms with Crippen molar-refractivity contribution in [3.8, 4) is 0 Å². The molecule has 3 rings (SSSR count). The van der Waals surface area contributed by atoms with Gasteiger partial charge in [0.2, 0.25) is 0 Å². The molecule has 0 saturated heterocycles. The van der Waals surface area contributed by atoms with Crippen LogP contribution in [0.15, 0.2) is 42.5 Å². The second-order valence-corrected chi connectivity index (χ2v) is 12.1. The van der Waals surface area contributed by atoms with Gasteiger partial charge in [-0.2, -0.15) is 0 Å². The molecule has 2 atom stereocenters. The zero-order valence-electron chi connectivity index (χ0n) is 24.9. The number of carbonyl (C=O) groups excluding carboxylic acids is 2. The first-order valence-electron chi connectivity index (χ1n) is 13.6. The first-order valence-corrected chi connectivity index (χ1v) is 13.6. The smallest absolute Gasteiger partial charge is 0.407 e. The molecule has 2 amide bonds. The molecule has 2 aromatic carbocycles. The number of rotatable bonds is 10. The largest absolute Gasteiger partial charge is 0.444 e. The summed E-state index contributed by atoms with van der Waals surface area (Å²) in [7, 11) is 0. The maximum atomic E-state index is 12.0. The van der Waals surface area contributed by atoms with E-state index in [0.29, 0.717) is 26.4 Å². The fourth-order valence-electron chi connectivity index (χ4n) is 4.03. The lowest BCUT2D eigenvalue weighted by Gasteiger charge is -2.22. The van der Waals surface area contributed by atoms with Crippen LogP contribution in [-0.2, 0) is 32.2 Å². The summed E-state index contributed by atoms with van der Waals surface area (Å²) in [6.45, 7) is 16.1. The van der Waals surface area contributed by atoms with Crippen molar-refractivity contribution >= 4 is 34.0 Å². The third kappa shape index (κ3) is 9.95. The van der Waals surface area contributed by atoms with Crippen molar-refractivity contribution in [2.24, 2.45) is 0 Å². The Hall–Kier alpha value is -3.43. The SMILES string of the molecule is C[C@H](COCc1cccc2cc3cccc(COC[C@@H](C)NC(=O)OC(C)(C)C)c3nc12)NC(=O)OC(C)(C)C. The summed E-state index contributed by atoms with van der Waals surface area (Å²) in [6.07, 6.45) is -0.932. The van der Waals surface area contributed by atoms with E-state index in [4.69, 9.17) is 23.9 Å². The quantitative estimate of drug-likeness (QED) is 0.286. The summed E-state index contributed by atoms with van der Waals surface area (Å²) < 4.78 is 22.5. The van der Waals surface area contributed by atoms with Crippen LogP contribution in [-0.4, -0.2) is 53.7 Å². The predicted molar refractivity (Wildman–Crippen MR) is 156 cm³/mol. The Morgan fingerprint density at radius 3 is 1.50 bits per heavy atom. The van der Waals surface area contributed by atoms with Gasteiger partial charge in [-0.25, -0.2) is 14.6 Å². The summed E-state index contributed by atoms with van der Waals surface area (Å²) in [6, 6.07) is 13.7. The third-order valence-electron chi connectivity index (χ3n) is 5.61. The van der Waals surface area contributed by atoms with Crippen molar-refractivity contribution < 1.29 is 28.5 Å². The molecule has 0 radical (unpaired) electrons. The number of hydrogen-bond donors (Lipinski definition) is 2. The molecule has 9 heteroatoms. The van der Waals surface area contributed by atoms with E-state index in [-0.39, 0.29) is 12.1 Å². The van der Waals surface area contributed by atoms with E-state index in [0.717, 1.165) is 32.9 Å². The first-order chi connectivity index (χ1) is 18.7. The maximum Gasteiger partial charge on any atom is 0.407 e. The highest BCUT2D eigenvalue weighted by Crippen LogP contribution is 2.25. The monoisotopic (exact) mass is 553 g/mol. The van der Waals surface area contributed by atoms with Crippen molar-refractivity contribution in [1.29, 1.82) is 0 Å². The van der Waals surface area contributed by atoms with Crippen LogP contribution < -0.4 is 10.6 Å². The molecule has 40 heavy (non-hydrogen) atoms. The molecule has 0 aliphatic heterocycles. The lowest BCUT2D eigenvalue weighted by molar-refractivity contribution is 0.0433. The van der Waals surface area contributed by atoms with Gasteiger partial charge in [0, 0.05) is 21.9 Å². The molecule has 218 valence electrons. The summed E-state index contributed by atoms with van der Waals surface area (Å²) in [4.78, 5) is 29.0. The zero-order valence-corrected chi connectivity index (χ0v) is 24.9. The van der Waals surface area contributed by atoms with Gasteiger partial charge >= 0.3 is 12.2 Å². The Morgan fingerprint density at radius 2 is 1.12 bits per heavy atom. The number of nitrogens with one attached hydrogen (secondary N) is 2. The van der Waals surface area contributed by atoms with Gasteiger partial charge in [-0.15, -0.1) is 0 Å². The van der Waals surface area contributed by atoms with Crippen molar-refractivity contribution in [2.75, 3.05) is 13.2 Å².